The summed E-state index contributed by atoms with van der Waals surface area (Å²) < 4.78 is 0. The second kappa shape index (κ2) is 10.3. The number of allylic oxidation sites excluding steroid dienone is 4. The lowest BCUT2D eigenvalue weighted by atomic mass is 9.80. The fourth-order valence-corrected chi connectivity index (χ4v) is 3.89. The van der Waals surface area contributed by atoms with E-state index < -0.39 is 0 Å². The van der Waals surface area contributed by atoms with Crippen molar-refractivity contribution in [2.45, 2.75) is 50.9 Å². The number of halogens is 1. The van der Waals surface area contributed by atoms with Crippen LogP contribution >= 0.6 is 20.8 Å². The van der Waals surface area contributed by atoms with Gasteiger partial charge in [0.2, 0.25) is 5.91 Å². The van der Waals surface area contributed by atoms with Gasteiger partial charge in [0.1, 0.15) is 6.04 Å². The van der Waals surface area contributed by atoms with Crippen LogP contribution in [-0.2, 0) is 4.79 Å². The minimum atomic E-state index is -0.247. The van der Waals surface area contributed by atoms with Gasteiger partial charge in [-0.25, -0.2) is 10.9 Å². The van der Waals surface area contributed by atoms with Crippen LogP contribution in [0.1, 0.15) is 33.1 Å². The molecule has 1 aliphatic carbocycles. The minimum absolute atomic E-state index is 0.0374. The predicted molar refractivity (Wildman–Crippen MR) is 113 cm³/mol. The number of carbonyl (C=O) groups is 1. The summed E-state index contributed by atoms with van der Waals surface area (Å²) in [4.78, 5) is 12.0. The molecule has 1 aliphatic heterocycles. The van der Waals surface area contributed by atoms with Gasteiger partial charge < -0.3 is 5.73 Å². The standard InChI is InChI=1S/C20H29ClN3OP/c1-3-5-16(20(22)25)19(13(2)26)18-10-9-17(23-24-18)15(6-4-11-21)12-14-7-8-14/h4,6-7,12-13,16-19,23-24H,3,5,8,11,26H2,1-2H3,(H2,22,25)/b6-4-,15-12+. The van der Waals surface area contributed by atoms with E-state index in [0.717, 1.165) is 24.8 Å². The van der Waals surface area contributed by atoms with Crippen LogP contribution in [0.15, 0.2) is 35.5 Å². The molecule has 1 amide bonds. The fraction of sp³-hybridized carbons (Fsp3) is 0.550. The van der Waals surface area contributed by atoms with Gasteiger partial charge in [-0.05, 0) is 29.6 Å². The number of hydrogen-bond acceptors (Lipinski definition) is 3. The lowest BCUT2D eigenvalue weighted by Gasteiger charge is -2.35. The van der Waals surface area contributed by atoms with Gasteiger partial charge in [-0.15, -0.1) is 20.8 Å². The molecule has 4 N–H and O–H groups in total. The largest absolute Gasteiger partial charge is 0.369 e. The summed E-state index contributed by atoms with van der Waals surface area (Å²) in [5.74, 6) is 6.70. The third-order valence-corrected chi connectivity index (χ3v) is 5.34. The van der Waals surface area contributed by atoms with Crippen molar-refractivity contribution in [1.82, 2.24) is 10.9 Å². The maximum Gasteiger partial charge on any atom is 0.220 e. The molecule has 0 bridgehead atoms. The molecule has 0 aromatic heterocycles. The van der Waals surface area contributed by atoms with Gasteiger partial charge in [-0.3, -0.25) is 4.79 Å². The molecule has 0 saturated heterocycles. The van der Waals surface area contributed by atoms with E-state index in [9.17, 15) is 4.79 Å². The van der Waals surface area contributed by atoms with Crippen LogP contribution in [-0.4, -0.2) is 29.5 Å². The average molecular weight is 394 g/mol. The molecule has 6 heteroatoms. The summed E-state index contributed by atoms with van der Waals surface area (Å²) >= 11 is 5.78. The van der Waals surface area contributed by atoms with E-state index in [1.165, 1.54) is 5.57 Å². The molecular weight excluding hydrogens is 365 g/mol. The highest BCUT2D eigenvalue weighted by Gasteiger charge is 2.35. The van der Waals surface area contributed by atoms with Crippen molar-refractivity contribution >= 4 is 26.7 Å². The van der Waals surface area contributed by atoms with Crippen LogP contribution in [0.4, 0.5) is 0 Å². The second-order valence-corrected chi connectivity index (χ2v) is 8.27. The highest BCUT2D eigenvalue weighted by atomic mass is 35.5. The monoisotopic (exact) mass is 393 g/mol. The van der Waals surface area contributed by atoms with Crippen molar-refractivity contribution in [3.63, 3.8) is 0 Å². The van der Waals surface area contributed by atoms with Crippen molar-refractivity contribution < 1.29 is 4.79 Å². The Hall–Kier alpha value is -1.11. The quantitative estimate of drug-likeness (QED) is 0.231. The average Bonchev–Trinajstić information content (AvgIpc) is 3.42. The number of nitrogens with one attached hydrogen (secondary N) is 2. The van der Waals surface area contributed by atoms with Gasteiger partial charge >= 0.3 is 0 Å². The first kappa shape index (κ1) is 21.2. The molecule has 142 valence electrons. The minimum Gasteiger partial charge on any atom is -0.369 e. The SMILES string of the molecule is CCCC(C(N)=O)C(C(C)P)C1C#CC(C(/C=C\CCl)=C/C2=CC2)NN1. The van der Waals surface area contributed by atoms with Crippen LogP contribution in [0, 0.1) is 23.7 Å². The molecule has 6 atom stereocenters. The molecule has 0 saturated carbocycles. The normalized spacial score (nSPS) is 25.8. The van der Waals surface area contributed by atoms with Gasteiger partial charge in [0.05, 0.1) is 6.04 Å². The van der Waals surface area contributed by atoms with Crippen LogP contribution in [0.25, 0.3) is 0 Å². The third-order valence-electron chi connectivity index (χ3n) is 4.71. The second-order valence-electron chi connectivity index (χ2n) is 6.91. The number of primary amides is 1. The molecule has 0 radical (unpaired) electrons. The van der Waals surface area contributed by atoms with Gasteiger partial charge in [-0.2, -0.15) is 0 Å². The van der Waals surface area contributed by atoms with E-state index >= 15 is 0 Å². The van der Waals surface area contributed by atoms with Crippen molar-refractivity contribution in [2.24, 2.45) is 17.6 Å². The first-order valence-electron chi connectivity index (χ1n) is 9.18. The smallest absolute Gasteiger partial charge is 0.220 e. The van der Waals surface area contributed by atoms with Gasteiger partial charge in [0.15, 0.2) is 0 Å². The molecular formula is C20H29ClN3OP. The molecule has 26 heavy (non-hydrogen) atoms. The molecule has 2 rings (SSSR count). The highest BCUT2D eigenvalue weighted by molar-refractivity contribution is 7.17. The third kappa shape index (κ3) is 5.96. The zero-order valence-corrected chi connectivity index (χ0v) is 17.4. The number of alkyl halides is 1. The van der Waals surface area contributed by atoms with Gasteiger partial charge in [0.25, 0.3) is 0 Å². The van der Waals surface area contributed by atoms with Crippen molar-refractivity contribution in [3.05, 3.63) is 35.5 Å². The van der Waals surface area contributed by atoms with Crippen LogP contribution < -0.4 is 16.6 Å². The fourth-order valence-electron chi connectivity index (χ4n) is 3.31. The number of carbonyl (C=O) groups excluding carboxylic acids is 1. The first-order chi connectivity index (χ1) is 12.5. The first-order valence-corrected chi connectivity index (χ1v) is 10.4. The molecule has 0 fully saturated rings. The molecule has 0 spiro atoms. The lowest BCUT2D eigenvalue weighted by molar-refractivity contribution is -0.124. The zero-order valence-electron chi connectivity index (χ0n) is 15.5. The van der Waals surface area contributed by atoms with E-state index in [4.69, 9.17) is 17.3 Å². The number of nitrogens with two attached hydrogens (primary N) is 1. The Labute approximate surface area is 164 Å². The molecule has 0 aromatic rings. The maximum atomic E-state index is 12.0. The Kier molecular flexibility index (Phi) is 8.38. The predicted octanol–water partition coefficient (Wildman–Crippen LogP) is 2.67. The van der Waals surface area contributed by atoms with E-state index in [0.29, 0.717) is 5.88 Å². The summed E-state index contributed by atoms with van der Waals surface area (Å²) in [5, 5.41) is 0. The Morgan fingerprint density at radius 1 is 1.50 bits per heavy atom. The number of amides is 1. The molecule has 6 unspecified atom stereocenters. The summed E-state index contributed by atoms with van der Waals surface area (Å²) in [6.45, 7) is 4.16. The summed E-state index contributed by atoms with van der Waals surface area (Å²) in [5.41, 5.74) is 14.9. The molecule has 4 nitrogen and oxygen atoms in total. The molecule has 2 aliphatic rings. The van der Waals surface area contributed by atoms with Crippen LogP contribution in [0.5, 0.6) is 0 Å². The Morgan fingerprint density at radius 3 is 2.69 bits per heavy atom. The van der Waals surface area contributed by atoms with E-state index in [2.05, 4.69) is 57.9 Å². The zero-order chi connectivity index (χ0) is 19.1. The highest BCUT2D eigenvalue weighted by Crippen LogP contribution is 2.29. The Morgan fingerprint density at radius 2 is 2.23 bits per heavy atom. The number of hydrogen-bond donors (Lipinski definition) is 3. The van der Waals surface area contributed by atoms with E-state index in [1.54, 1.807) is 0 Å². The Bertz CT molecular complexity index is 660. The number of hydrazine groups is 1. The summed E-state index contributed by atoms with van der Waals surface area (Å²) in [7, 11) is 2.80. The summed E-state index contributed by atoms with van der Waals surface area (Å²) in [6, 6.07) is -0.230. The van der Waals surface area contributed by atoms with Gasteiger partial charge in [0, 0.05) is 17.7 Å². The topological polar surface area (TPSA) is 67.2 Å². The van der Waals surface area contributed by atoms with Gasteiger partial charge in [-0.1, -0.05) is 56.4 Å². The molecule has 1 heterocycles. The maximum absolute atomic E-state index is 12.0. The van der Waals surface area contributed by atoms with Crippen LogP contribution in [0.3, 0.4) is 0 Å². The Balaban J connectivity index is 2.19. The van der Waals surface area contributed by atoms with E-state index in [1.807, 2.05) is 12.2 Å². The van der Waals surface area contributed by atoms with E-state index in [-0.39, 0.29) is 35.5 Å². The lowest BCUT2D eigenvalue weighted by Crippen LogP contribution is -2.55. The summed E-state index contributed by atoms with van der Waals surface area (Å²) in [6.07, 6.45) is 11.0. The van der Waals surface area contributed by atoms with Crippen molar-refractivity contribution in [2.75, 3.05) is 5.88 Å². The molecule has 0 aromatic carbocycles. The van der Waals surface area contributed by atoms with Crippen LogP contribution in [0.2, 0.25) is 0 Å². The van der Waals surface area contributed by atoms with Crippen molar-refractivity contribution in [1.29, 1.82) is 0 Å². The van der Waals surface area contributed by atoms with Crippen molar-refractivity contribution in [3.8, 4) is 11.8 Å². The number of rotatable bonds is 10.